The molecule has 0 unspecified atom stereocenters. The van der Waals surface area contributed by atoms with Crippen LogP contribution in [0, 0.1) is 5.92 Å². The lowest BCUT2D eigenvalue weighted by molar-refractivity contribution is -0.124. The first-order valence-corrected chi connectivity index (χ1v) is 9.75. The van der Waals surface area contributed by atoms with Gasteiger partial charge in [-0.2, -0.15) is 0 Å². The van der Waals surface area contributed by atoms with Crippen molar-refractivity contribution in [2.75, 3.05) is 19.8 Å². The number of nitrogens with one attached hydrogen (secondary N) is 1. The number of hydrogen-bond donors (Lipinski definition) is 1. The van der Waals surface area contributed by atoms with Crippen molar-refractivity contribution in [2.45, 2.75) is 19.9 Å². The molecule has 4 rings (SSSR count). The lowest BCUT2D eigenvalue weighted by Gasteiger charge is -2.25. The molecule has 1 atom stereocenters. The first-order valence-electron chi connectivity index (χ1n) is 9.75. The smallest absolute Gasteiger partial charge is 0.258 e. The molecule has 2 aromatic carbocycles. The van der Waals surface area contributed by atoms with Gasteiger partial charge in [0.05, 0.1) is 11.7 Å². The van der Waals surface area contributed by atoms with Gasteiger partial charge in [0.1, 0.15) is 25.3 Å². The zero-order valence-corrected chi connectivity index (χ0v) is 16.8. The Hall–Kier alpha value is -3.62. The summed E-state index contributed by atoms with van der Waals surface area (Å²) in [6.07, 6.45) is 1.49. The highest BCUT2D eigenvalue weighted by Crippen LogP contribution is 2.34. The van der Waals surface area contributed by atoms with E-state index in [0.717, 1.165) is 17.0 Å². The molecule has 1 aromatic heterocycles. The average molecular weight is 409 g/mol. The molecule has 0 radical (unpaired) electrons. The number of hydrogen-bond acceptors (Lipinski definition) is 7. The van der Waals surface area contributed by atoms with Crippen LogP contribution in [-0.4, -0.2) is 45.9 Å². The van der Waals surface area contributed by atoms with Crippen LogP contribution in [0.2, 0.25) is 0 Å². The van der Waals surface area contributed by atoms with Crippen molar-refractivity contribution < 1.29 is 19.0 Å². The predicted octanol–water partition coefficient (Wildman–Crippen LogP) is 2.33. The first kappa shape index (κ1) is 19.7. The zero-order chi connectivity index (χ0) is 20.9. The summed E-state index contributed by atoms with van der Waals surface area (Å²) in [6.45, 7) is 5.07. The molecule has 2 heterocycles. The van der Waals surface area contributed by atoms with Gasteiger partial charge in [-0.3, -0.25) is 4.79 Å². The second kappa shape index (κ2) is 8.81. The Balaban J connectivity index is 1.40. The molecule has 3 aromatic rings. The van der Waals surface area contributed by atoms with Gasteiger partial charge in [-0.1, -0.05) is 26.0 Å². The van der Waals surface area contributed by atoms with E-state index in [4.69, 9.17) is 14.2 Å². The lowest BCUT2D eigenvalue weighted by Crippen LogP contribution is -2.35. The Bertz CT molecular complexity index is 1010. The minimum atomic E-state index is -0.212. The molecule has 1 aliphatic heterocycles. The summed E-state index contributed by atoms with van der Waals surface area (Å²) in [7, 11) is 0. The van der Waals surface area contributed by atoms with Crippen molar-refractivity contribution >= 4 is 5.91 Å². The third kappa shape index (κ3) is 4.51. The van der Waals surface area contributed by atoms with E-state index in [2.05, 4.69) is 34.7 Å². The monoisotopic (exact) mass is 409 g/mol. The van der Waals surface area contributed by atoms with E-state index >= 15 is 0 Å². The van der Waals surface area contributed by atoms with Crippen molar-refractivity contribution in [3.8, 4) is 22.9 Å². The van der Waals surface area contributed by atoms with Gasteiger partial charge in [0, 0.05) is 6.07 Å². The summed E-state index contributed by atoms with van der Waals surface area (Å²) in [5, 5.41) is 14.1. The molecule has 0 aliphatic carbocycles. The average Bonchev–Trinajstić information content (AvgIpc) is 3.31. The van der Waals surface area contributed by atoms with Gasteiger partial charge in [0.25, 0.3) is 5.91 Å². The van der Waals surface area contributed by atoms with Crippen LogP contribution in [-0.2, 0) is 4.79 Å². The Kier molecular flexibility index (Phi) is 5.78. The molecule has 0 saturated heterocycles. The van der Waals surface area contributed by atoms with Crippen LogP contribution in [0.5, 0.6) is 17.2 Å². The minimum absolute atomic E-state index is 0.104. The second-order valence-corrected chi connectivity index (χ2v) is 7.23. The molecule has 0 saturated carbocycles. The third-order valence-electron chi connectivity index (χ3n) is 4.71. The molecule has 9 nitrogen and oxygen atoms in total. The number of carbonyl (C=O) groups excluding carboxylic acids is 1. The van der Waals surface area contributed by atoms with Crippen molar-refractivity contribution in [1.29, 1.82) is 0 Å². The van der Waals surface area contributed by atoms with Crippen LogP contribution in [0.15, 0.2) is 48.8 Å². The maximum absolute atomic E-state index is 12.6. The topological polar surface area (TPSA) is 100 Å². The maximum atomic E-state index is 12.6. The van der Waals surface area contributed by atoms with E-state index in [-0.39, 0.29) is 24.5 Å². The minimum Gasteiger partial charge on any atom is -0.486 e. The van der Waals surface area contributed by atoms with Gasteiger partial charge in [0.2, 0.25) is 0 Å². The highest BCUT2D eigenvalue weighted by Gasteiger charge is 2.21. The van der Waals surface area contributed by atoms with E-state index in [1.54, 1.807) is 12.1 Å². The summed E-state index contributed by atoms with van der Waals surface area (Å²) >= 11 is 0. The molecular weight excluding hydrogens is 386 g/mol. The van der Waals surface area contributed by atoms with Gasteiger partial charge in [-0.25, -0.2) is 4.68 Å². The summed E-state index contributed by atoms with van der Waals surface area (Å²) in [5.41, 5.74) is 1.71. The van der Waals surface area contributed by atoms with Gasteiger partial charge in [0.15, 0.2) is 18.1 Å². The van der Waals surface area contributed by atoms with Gasteiger partial charge in [-0.15, -0.1) is 5.10 Å². The standard InChI is InChI=1S/C21H23N5O4/c1-14(2)21(15-6-7-18-19(10-15)29-9-8-28-18)23-20(27)12-30-17-5-3-4-16(11-17)26-13-22-24-25-26/h3-7,10-11,13-14,21H,8-9,12H2,1-2H3,(H,23,27)/t21-/m1/s1. The highest BCUT2D eigenvalue weighted by molar-refractivity contribution is 5.78. The fourth-order valence-corrected chi connectivity index (χ4v) is 3.25. The van der Waals surface area contributed by atoms with E-state index < -0.39 is 0 Å². The molecule has 9 heteroatoms. The van der Waals surface area contributed by atoms with Crippen molar-refractivity contribution in [1.82, 2.24) is 25.5 Å². The largest absolute Gasteiger partial charge is 0.486 e. The van der Waals surface area contributed by atoms with Gasteiger partial charge >= 0.3 is 0 Å². The lowest BCUT2D eigenvalue weighted by atomic mass is 9.95. The second-order valence-electron chi connectivity index (χ2n) is 7.23. The van der Waals surface area contributed by atoms with Crippen LogP contribution in [0.4, 0.5) is 0 Å². The zero-order valence-electron chi connectivity index (χ0n) is 16.8. The van der Waals surface area contributed by atoms with Crippen LogP contribution in [0.25, 0.3) is 5.69 Å². The van der Waals surface area contributed by atoms with Crippen LogP contribution in [0.1, 0.15) is 25.5 Å². The molecule has 1 aliphatic rings. The third-order valence-corrected chi connectivity index (χ3v) is 4.71. The predicted molar refractivity (Wildman–Crippen MR) is 108 cm³/mol. The van der Waals surface area contributed by atoms with Crippen molar-refractivity contribution in [3.05, 3.63) is 54.4 Å². The Morgan fingerprint density at radius 3 is 2.77 bits per heavy atom. The number of benzene rings is 2. The van der Waals surface area contributed by atoms with Crippen LogP contribution >= 0.6 is 0 Å². The number of carbonyl (C=O) groups is 1. The van der Waals surface area contributed by atoms with E-state index in [9.17, 15) is 4.79 Å². The Morgan fingerprint density at radius 2 is 2.00 bits per heavy atom. The molecule has 1 amide bonds. The molecular formula is C21H23N5O4. The fraction of sp³-hybridized carbons (Fsp3) is 0.333. The molecule has 156 valence electrons. The quantitative estimate of drug-likeness (QED) is 0.639. The van der Waals surface area contributed by atoms with Crippen molar-refractivity contribution in [3.63, 3.8) is 0 Å². The molecule has 0 spiro atoms. The Labute approximate surface area is 173 Å². The SMILES string of the molecule is CC(C)[C@@H](NC(=O)COc1cccc(-n2cnnn2)c1)c1ccc2c(c1)OCCO2. The van der Waals surface area contributed by atoms with Crippen molar-refractivity contribution in [2.24, 2.45) is 5.92 Å². The maximum Gasteiger partial charge on any atom is 0.258 e. The number of fused-ring (bicyclic) bond motifs is 1. The first-order chi connectivity index (χ1) is 14.6. The number of tetrazole rings is 1. The summed E-state index contributed by atoms with van der Waals surface area (Å²) in [5.74, 6) is 1.95. The summed E-state index contributed by atoms with van der Waals surface area (Å²) in [4.78, 5) is 12.6. The summed E-state index contributed by atoms with van der Waals surface area (Å²) < 4.78 is 18.4. The number of ether oxygens (including phenoxy) is 3. The number of rotatable bonds is 7. The fourth-order valence-electron chi connectivity index (χ4n) is 3.25. The van der Waals surface area contributed by atoms with Gasteiger partial charge < -0.3 is 19.5 Å². The molecule has 0 bridgehead atoms. The number of amides is 1. The van der Waals surface area contributed by atoms with E-state index in [1.807, 2.05) is 30.3 Å². The molecule has 0 fully saturated rings. The molecule has 1 N–H and O–H groups in total. The van der Waals surface area contributed by atoms with Gasteiger partial charge in [-0.05, 0) is 46.2 Å². The summed E-state index contributed by atoms with van der Waals surface area (Å²) in [6, 6.07) is 12.8. The molecule has 30 heavy (non-hydrogen) atoms. The number of aromatic nitrogens is 4. The highest BCUT2D eigenvalue weighted by atomic mass is 16.6. The van der Waals surface area contributed by atoms with Crippen LogP contribution in [0.3, 0.4) is 0 Å². The number of nitrogens with zero attached hydrogens (tertiary/aromatic N) is 4. The normalized spacial score (nSPS) is 13.7. The van der Waals surface area contributed by atoms with E-state index in [0.29, 0.717) is 24.7 Å². The Morgan fingerprint density at radius 1 is 1.17 bits per heavy atom. The van der Waals surface area contributed by atoms with Crippen LogP contribution < -0.4 is 19.5 Å². The van der Waals surface area contributed by atoms with E-state index in [1.165, 1.54) is 11.0 Å².